The molecule has 9 nitrogen and oxygen atoms in total. The third-order valence-corrected chi connectivity index (χ3v) is 5.33. The van der Waals surface area contributed by atoms with Crippen molar-refractivity contribution in [2.75, 3.05) is 13.2 Å². The van der Waals surface area contributed by atoms with Gasteiger partial charge >= 0.3 is 18.1 Å². The molecule has 9 heteroatoms. The molecule has 0 aliphatic carbocycles. The monoisotopic (exact) mass is 547 g/mol. The summed E-state index contributed by atoms with van der Waals surface area (Å²) in [7, 11) is 0. The number of amides is 1. The van der Waals surface area contributed by atoms with Crippen LogP contribution in [0, 0.1) is 5.41 Å². The first kappa shape index (κ1) is 35.5. The zero-order valence-electron chi connectivity index (χ0n) is 23.5. The second-order valence-corrected chi connectivity index (χ2v) is 9.43. The Kier molecular flexibility index (Phi) is 20.5. The summed E-state index contributed by atoms with van der Waals surface area (Å²) in [6, 6.07) is 0. The molecule has 0 aromatic rings. The van der Waals surface area contributed by atoms with Gasteiger partial charge in [-0.15, -0.1) is 0 Å². The number of hydrogen-bond acceptors (Lipinski definition) is 7. The maximum Gasteiger partial charge on any atom is 0.513 e. The van der Waals surface area contributed by atoms with E-state index in [1.165, 1.54) is 0 Å². The molecule has 0 radical (unpaired) electrons. The van der Waals surface area contributed by atoms with Crippen LogP contribution in [0.1, 0.15) is 78.6 Å². The van der Waals surface area contributed by atoms with Gasteiger partial charge in [-0.2, -0.15) is 0 Å². The van der Waals surface area contributed by atoms with E-state index in [4.69, 9.17) is 9.84 Å². The minimum atomic E-state index is -1.73. The van der Waals surface area contributed by atoms with Crippen molar-refractivity contribution in [3.8, 4) is 0 Å². The Morgan fingerprint density at radius 2 is 1.31 bits per heavy atom. The van der Waals surface area contributed by atoms with E-state index in [0.29, 0.717) is 6.42 Å². The van der Waals surface area contributed by atoms with Crippen molar-refractivity contribution < 1.29 is 38.9 Å². The highest BCUT2D eigenvalue weighted by molar-refractivity contribution is 5.83. The van der Waals surface area contributed by atoms with E-state index in [1.54, 1.807) is 13.8 Å². The van der Waals surface area contributed by atoms with Gasteiger partial charge in [-0.25, -0.2) is 4.79 Å². The highest BCUT2D eigenvalue weighted by Crippen LogP contribution is 2.22. The van der Waals surface area contributed by atoms with Crippen LogP contribution in [0.3, 0.4) is 0 Å². The summed E-state index contributed by atoms with van der Waals surface area (Å²) in [6.45, 7) is 4.90. The van der Waals surface area contributed by atoms with Gasteiger partial charge in [-0.1, -0.05) is 81.5 Å². The van der Waals surface area contributed by atoms with Gasteiger partial charge < -0.3 is 25.0 Å². The van der Waals surface area contributed by atoms with Gasteiger partial charge in [-0.05, 0) is 44.9 Å². The van der Waals surface area contributed by atoms with Crippen molar-refractivity contribution in [2.45, 2.75) is 84.7 Å². The lowest BCUT2D eigenvalue weighted by molar-refractivity contribution is -0.153. The van der Waals surface area contributed by atoms with E-state index >= 15 is 0 Å². The average molecular weight is 548 g/mol. The minimum absolute atomic E-state index is 0.164. The third kappa shape index (κ3) is 21.2. The van der Waals surface area contributed by atoms with E-state index in [1.807, 2.05) is 6.08 Å². The van der Waals surface area contributed by atoms with Crippen molar-refractivity contribution in [1.82, 2.24) is 5.32 Å². The number of nitrogens with one attached hydrogen (secondary N) is 1. The number of aliphatic hydroxyl groups excluding tert-OH is 1. The first-order chi connectivity index (χ1) is 18.6. The number of hydrogen-bond donors (Lipinski definition) is 3. The predicted molar refractivity (Wildman–Crippen MR) is 151 cm³/mol. The molecule has 1 amide bonds. The molecule has 1 atom stereocenters. The zero-order chi connectivity index (χ0) is 29.4. The molecule has 0 spiro atoms. The molecule has 218 valence electrons. The number of carbonyl (C=O) groups is 4. The van der Waals surface area contributed by atoms with Crippen LogP contribution in [0.5, 0.6) is 0 Å². The summed E-state index contributed by atoms with van der Waals surface area (Å²) in [5.74, 6) is -2.20. The predicted octanol–water partition coefficient (Wildman–Crippen LogP) is 5.57. The van der Waals surface area contributed by atoms with Crippen LogP contribution in [0.15, 0.2) is 60.8 Å². The first-order valence-corrected chi connectivity index (χ1v) is 13.4. The quantitative estimate of drug-likeness (QED) is 0.0778. The average Bonchev–Trinajstić information content (AvgIpc) is 2.88. The molecule has 39 heavy (non-hydrogen) atoms. The van der Waals surface area contributed by atoms with Crippen molar-refractivity contribution in [2.24, 2.45) is 5.41 Å². The van der Waals surface area contributed by atoms with Crippen molar-refractivity contribution >= 4 is 24.0 Å². The number of ether oxygens (including phenoxy) is 2. The molecule has 0 aliphatic rings. The van der Waals surface area contributed by atoms with Crippen LogP contribution in [-0.4, -0.2) is 53.5 Å². The van der Waals surface area contributed by atoms with Crippen LogP contribution in [0.2, 0.25) is 0 Å². The molecule has 0 saturated carbocycles. The lowest BCUT2D eigenvalue weighted by Crippen LogP contribution is -2.46. The van der Waals surface area contributed by atoms with Gasteiger partial charge in [0, 0.05) is 18.4 Å². The molecule has 0 rings (SSSR count). The minimum Gasteiger partial charge on any atom is -0.465 e. The van der Waals surface area contributed by atoms with Gasteiger partial charge in [0.1, 0.15) is 6.10 Å². The van der Waals surface area contributed by atoms with E-state index in [9.17, 15) is 24.3 Å². The molecule has 0 aromatic carbocycles. The number of esters is 2. The summed E-state index contributed by atoms with van der Waals surface area (Å²) < 4.78 is 9.14. The Bertz CT molecular complexity index is 883. The van der Waals surface area contributed by atoms with Crippen LogP contribution in [-0.2, 0) is 23.9 Å². The molecule has 1 unspecified atom stereocenters. The summed E-state index contributed by atoms with van der Waals surface area (Å²) >= 11 is 0. The van der Waals surface area contributed by atoms with E-state index in [2.05, 4.69) is 71.7 Å². The molecular formula is C30H45NO8. The highest BCUT2D eigenvalue weighted by atomic mass is 16.7. The van der Waals surface area contributed by atoms with Gasteiger partial charge in [0.15, 0.2) is 0 Å². The Balaban J connectivity index is 4.00. The molecular weight excluding hydrogens is 502 g/mol. The summed E-state index contributed by atoms with van der Waals surface area (Å²) in [5, 5.41) is 20.9. The number of carboxylic acid groups (broad SMARTS) is 1. The normalized spacial score (nSPS) is 13.1. The zero-order valence-corrected chi connectivity index (χ0v) is 23.5. The smallest absolute Gasteiger partial charge is 0.465 e. The molecule has 0 fully saturated rings. The molecule has 0 heterocycles. The first-order valence-electron chi connectivity index (χ1n) is 13.4. The summed E-state index contributed by atoms with van der Waals surface area (Å²) in [5.41, 5.74) is -1.06. The van der Waals surface area contributed by atoms with Crippen molar-refractivity contribution in [3.63, 3.8) is 0 Å². The fourth-order valence-corrected chi connectivity index (χ4v) is 3.04. The Morgan fingerprint density at radius 1 is 0.795 bits per heavy atom. The molecule has 0 aliphatic heterocycles. The van der Waals surface area contributed by atoms with E-state index < -0.39 is 35.5 Å². The van der Waals surface area contributed by atoms with Crippen molar-refractivity contribution in [3.05, 3.63) is 60.8 Å². The topological polar surface area (TPSA) is 139 Å². The van der Waals surface area contributed by atoms with Crippen LogP contribution in [0.4, 0.5) is 4.79 Å². The molecule has 0 bridgehead atoms. The lowest BCUT2D eigenvalue weighted by Gasteiger charge is -2.29. The van der Waals surface area contributed by atoms with Gasteiger partial charge in [-0.3, -0.25) is 14.4 Å². The van der Waals surface area contributed by atoms with Gasteiger partial charge in [0.05, 0.1) is 13.0 Å². The second kappa shape index (κ2) is 22.5. The maximum atomic E-state index is 12.1. The number of aliphatic hydroxyl groups is 1. The van der Waals surface area contributed by atoms with Crippen molar-refractivity contribution in [1.29, 1.82) is 0 Å². The number of allylic oxidation sites excluding steroid dienone is 10. The lowest BCUT2D eigenvalue weighted by atomic mass is 9.87. The molecule has 0 aromatic heterocycles. The number of rotatable bonds is 20. The van der Waals surface area contributed by atoms with Crippen LogP contribution >= 0.6 is 0 Å². The van der Waals surface area contributed by atoms with Crippen LogP contribution in [0.25, 0.3) is 0 Å². The Labute approximate surface area is 232 Å². The standard InChI is InChI=1S/C30H45NO8/c1-4-5-6-7-8-9-10-11-12-13-14-15-16-17-18-19-20-21-25(32)38-24-30(2,3)27(34)28(35)31-23-22-26(33)39-29(36)37/h5-6,8-9,11-12,14-15,17-18,27,34H,4,7,10,13,16,19-24H2,1-3H3,(H,31,35)(H,36,37). The van der Waals surface area contributed by atoms with Crippen LogP contribution < -0.4 is 5.32 Å². The maximum absolute atomic E-state index is 12.1. The molecule has 3 N–H and O–H groups in total. The third-order valence-electron chi connectivity index (χ3n) is 5.33. The molecule has 0 saturated heterocycles. The highest BCUT2D eigenvalue weighted by Gasteiger charge is 2.35. The van der Waals surface area contributed by atoms with Gasteiger partial charge in [0.2, 0.25) is 5.91 Å². The number of unbranched alkanes of at least 4 members (excludes halogenated alkanes) is 1. The SMILES string of the molecule is CCC=CCC=CCC=CCC=CCC=CCCCC(=O)OCC(C)(C)C(O)C(=O)NCCC(=O)OC(=O)O. The van der Waals surface area contributed by atoms with E-state index in [0.717, 1.165) is 38.5 Å². The Hall–Kier alpha value is -3.46. The summed E-state index contributed by atoms with van der Waals surface area (Å²) in [6.07, 6.45) is 24.0. The van der Waals surface area contributed by atoms with Gasteiger partial charge in [0.25, 0.3) is 0 Å². The fourth-order valence-electron chi connectivity index (χ4n) is 3.04. The largest absolute Gasteiger partial charge is 0.513 e. The Morgan fingerprint density at radius 3 is 1.82 bits per heavy atom. The summed E-state index contributed by atoms with van der Waals surface area (Å²) in [4.78, 5) is 45.5. The number of carbonyl (C=O) groups excluding carboxylic acids is 3. The van der Waals surface area contributed by atoms with E-state index in [-0.39, 0.29) is 26.0 Å². The fraction of sp³-hybridized carbons (Fsp3) is 0.533. The second-order valence-electron chi connectivity index (χ2n) is 9.43.